The van der Waals surface area contributed by atoms with Crippen LogP contribution >= 0.6 is 0 Å². The van der Waals surface area contributed by atoms with Crippen LogP contribution in [0.3, 0.4) is 0 Å². The number of carboxylic acid groups (broad SMARTS) is 1. The maximum absolute atomic E-state index is 11.0. The highest BCUT2D eigenvalue weighted by molar-refractivity contribution is 5.73. The summed E-state index contributed by atoms with van der Waals surface area (Å²) in [6.07, 6.45) is 4.10. The first-order valence-electron chi connectivity index (χ1n) is 6.52. The van der Waals surface area contributed by atoms with Crippen molar-refractivity contribution in [2.75, 3.05) is 13.2 Å². The number of aliphatic carboxylic acids is 1. The number of ether oxygens (including phenoxy) is 1. The summed E-state index contributed by atoms with van der Waals surface area (Å²) in [4.78, 5) is 15.0. The molecule has 1 heterocycles. The zero-order chi connectivity index (χ0) is 14.1. The van der Waals surface area contributed by atoms with Crippen molar-refractivity contribution >= 4 is 5.97 Å². The van der Waals surface area contributed by atoms with Gasteiger partial charge in [0.2, 0.25) is 0 Å². The number of rotatable bonds is 9. The predicted molar refractivity (Wildman–Crippen MR) is 72.8 cm³/mol. The lowest BCUT2D eigenvalue weighted by Gasteiger charge is -2.16. The Bertz CT molecular complexity index is 368. The molecule has 0 radical (unpaired) electrons. The molecule has 0 fully saturated rings. The molecule has 0 amide bonds. The second-order valence-electron chi connectivity index (χ2n) is 4.89. The standard InChI is InChI=1S/C14H22N2O3/c1-11(2)8-13(14(17)18)16-6-7-19-10-12-4-3-5-15-9-12/h3-5,9,11,13,16H,6-8,10H2,1-2H3,(H,17,18)/t13-/m0/s1. The maximum atomic E-state index is 11.0. The zero-order valence-corrected chi connectivity index (χ0v) is 11.5. The summed E-state index contributed by atoms with van der Waals surface area (Å²) in [5.41, 5.74) is 1.01. The van der Waals surface area contributed by atoms with E-state index in [9.17, 15) is 4.79 Å². The van der Waals surface area contributed by atoms with Gasteiger partial charge in [0.1, 0.15) is 6.04 Å². The Hall–Kier alpha value is -1.46. The molecule has 0 unspecified atom stereocenters. The number of pyridine rings is 1. The van der Waals surface area contributed by atoms with Gasteiger partial charge in [-0.1, -0.05) is 19.9 Å². The lowest BCUT2D eigenvalue weighted by Crippen LogP contribution is -2.39. The summed E-state index contributed by atoms with van der Waals surface area (Å²) >= 11 is 0. The van der Waals surface area contributed by atoms with Crippen molar-refractivity contribution in [1.82, 2.24) is 10.3 Å². The molecule has 0 aliphatic heterocycles. The molecule has 0 spiro atoms. The van der Waals surface area contributed by atoms with E-state index in [1.165, 1.54) is 0 Å². The van der Waals surface area contributed by atoms with E-state index < -0.39 is 12.0 Å². The summed E-state index contributed by atoms with van der Waals surface area (Å²) in [5, 5.41) is 12.0. The summed E-state index contributed by atoms with van der Waals surface area (Å²) in [6, 6.07) is 3.31. The van der Waals surface area contributed by atoms with Crippen molar-refractivity contribution in [3.05, 3.63) is 30.1 Å². The fraction of sp³-hybridized carbons (Fsp3) is 0.571. The van der Waals surface area contributed by atoms with Gasteiger partial charge in [-0.3, -0.25) is 9.78 Å². The topological polar surface area (TPSA) is 71.5 Å². The van der Waals surface area contributed by atoms with Gasteiger partial charge in [-0.05, 0) is 24.0 Å². The van der Waals surface area contributed by atoms with Crippen LogP contribution in [0.5, 0.6) is 0 Å². The quantitative estimate of drug-likeness (QED) is 0.665. The summed E-state index contributed by atoms with van der Waals surface area (Å²) in [7, 11) is 0. The second kappa shape index (κ2) is 8.61. The first-order chi connectivity index (χ1) is 9.09. The number of hydrogen-bond acceptors (Lipinski definition) is 4. The molecule has 0 aliphatic carbocycles. The normalized spacial score (nSPS) is 12.6. The van der Waals surface area contributed by atoms with Crippen LogP contribution in [-0.2, 0) is 16.1 Å². The minimum absolute atomic E-state index is 0.352. The number of aromatic nitrogens is 1. The van der Waals surface area contributed by atoms with E-state index >= 15 is 0 Å². The monoisotopic (exact) mass is 266 g/mol. The molecular weight excluding hydrogens is 244 g/mol. The molecule has 0 saturated carbocycles. The molecule has 1 aromatic rings. The van der Waals surface area contributed by atoms with Gasteiger partial charge in [0.05, 0.1) is 13.2 Å². The summed E-state index contributed by atoms with van der Waals surface area (Å²) in [6.45, 7) is 5.53. The van der Waals surface area contributed by atoms with E-state index in [0.717, 1.165) is 5.56 Å². The van der Waals surface area contributed by atoms with Crippen LogP contribution in [-0.4, -0.2) is 35.3 Å². The lowest BCUT2D eigenvalue weighted by atomic mass is 10.0. The van der Waals surface area contributed by atoms with E-state index in [0.29, 0.717) is 32.1 Å². The predicted octanol–water partition coefficient (Wildman–Crippen LogP) is 1.69. The molecule has 0 saturated heterocycles. The fourth-order valence-corrected chi connectivity index (χ4v) is 1.72. The molecule has 5 nitrogen and oxygen atoms in total. The average molecular weight is 266 g/mol. The highest BCUT2D eigenvalue weighted by Crippen LogP contribution is 2.04. The largest absolute Gasteiger partial charge is 0.480 e. The third-order valence-corrected chi connectivity index (χ3v) is 2.63. The SMILES string of the molecule is CC(C)C[C@H](NCCOCc1cccnc1)C(=O)O. The van der Waals surface area contributed by atoms with E-state index in [-0.39, 0.29) is 0 Å². The van der Waals surface area contributed by atoms with Crippen LogP contribution < -0.4 is 5.32 Å². The van der Waals surface area contributed by atoms with E-state index in [2.05, 4.69) is 10.3 Å². The number of nitrogens with one attached hydrogen (secondary N) is 1. The Morgan fingerprint density at radius 2 is 2.32 bits per heavy atom. The summed E-state index contributed by atoms with van der Waals surface area (Å²) < 4.78 is 5.46. The van der Waals surface area contributed by atoms with Crippen LogP contribution in [0, 0.1) is 5.92 Å². The van der Waals surface area contributed by atoms with Crippen LogP contribution in [0.25, 0.3) is 0 Å². The van der Waals surface area contributed by atoms with Gasteiger partial charge < -0.3 is 15.2 Å². The Balaban J connectivity index is 2.16. The minimum atomic E-state index is -0.805. The van der Waals surface area contributed by atoms with Crippen molar-refractivity contribution in [1.29, 1.82) is 0 Å². The molecule has 1 atom stereocenters. The first-order valence-corrected chi connectivity index (χ1v) is 6.52. The third kappa shape index (κ3) is 6.88. The molecule has 0 aliphatic rings. The van der Waals surface area contributed by atoms with Crippen molar-refractivity contribution in [2.24, 2.45) is 5.92 Å². The lowest BCUT2D eigenvalue weighted by molar-refractivity contribution is -0.140. The summed E-state index contributed by atoms with van der Waals surface area (Å²) in [5.74, 6) is -0.453. The van der Waals surface area contributed by atoms with Gasteiger partial charge in [-0.2, -0.15) is 0 Å². The number of hydrogen-bond donors (Lipinski definition) is 2. The first kappa shape index (κ1) is 15.6. The van der Waals surface area contributed by atoms with E-state index in [4.69, 9.17) is 9.84 Å². The number of nitrogens with zero attached hydrogens (tertiary/aromatic N) is 1. The fourth-order valence-electron chi connectivity index (χ4n) is 1.72. The van der Waals surface area contributed by atoms with E-state index in [1.807, 2.05) is 26.0 Å². The second-order valence-corrected chi connectivity index (χ2v) is 4.89. The minimum Gasteiger partial charge on any atom is -0.480 e. The Morgan fingerprint density at radius 3 is 2.89 bits per heavy atom. The number of carboxylic acids is 1. The Labute approximate surface area is 114 Å². The Kier molecular flexibility index (Phi) is 7.07. The zero-order valence-electron chi connectivity index (χ0n) is 11.5. The highest BCUT2D eigenvalue weighted by atomic mass is 16.5. The molecule has 2 N–H and O–H groups in total. The average Bonchev–Trinajstić information content (AvgIpc) is 2.37. The molecule has 1 rings (SSSR count). The van der Waals surface area contributed by atoms with Crippen molar-refractivity contribution in [3.8, 4) is 0 Å². The van der Waals surface area contributed by atoms with Gasteiger partial charge in [0, 0.05) is 18.9 Å². The van der Waals surface area contributed by atoms with Crippen LogP contribution in [0.2, 0.25) is 0 Å². The van der Waals surface area contributed by atoms with Crippen LogP contribution in [0.4, 0.5) is 0 Å². The molecule has 0 bridgehead atoms. The third-order valence-electron chi connectivity index (χ3n) is 2.63. The molecule has 19 heavy (non-hydrogen) atoms. The van der Waals surface area contributed by atoms with Crippen molar-refractivity contribution < 1.29 is 14.6 Å². The van der Waals surface area contributed by atoms with Gasteiger partial charge in [0.25, 0.3) is 0 Å². The molecular formula is C14H22N2O3. The molecule has 106 valence electrons. The molecule has 1 aromatic heterocycles. The smallest absolute Gasteiger partial charge is 0.320 e. The molecule has 0 aromatic carbocycles. The maximum Gasteiger partial charge on any atom is 0.320 e. The van der Waals surface area contributed by atoms with E-state index in [1.54, 1.807) is 12.4 Å². The van der Waals surface area contributed by atoms with Gasteiger partial charge >= 0.3 is 5.97 Å². The van der Waals surface area contributed by atoms with Gasteiger partial charge in [0.15, 0.2) is 0 Å². The van der Waals surface area contributed by atoms with Crippen LogP contribution in [0.15, 0.2) is 24.5 Å². The number of carbonyl (C=O) groups is 1. The van der Waals surface area contributed by atoms with Crippen molar-refractivity contribution in [3.63, 3.8) is 0 Å². The highest BCUT2D eigenvalue weighted by Gasteiger charge is 2.17. The van der Waals surface area contributed by atoms with Gasteiger partial charge in [-0.25, -0.2) is 0 Å². The van der Waals surface area contributed by atoms with Crippen molar-refractivity contribution in [2.45, 2.75) is 32.9 Å². The van der Waals surface area contributed by atoms with Crippen LogP contribution in [0.1, 0.15) is 25.8 Å². The Morgan fingerprint density at radius 1 is 1.53 bits per heavy atom. The molecule has 5 heteroatoms. The van der Waals surface area contributed by atoms with Gasteiger partial charge in [-0.15, -0.1) is 0 Å².